The van der Waals surface area contributed by atoms with Crippen LogP contribution in [0.25, 0.3) is 0 Å². The number of hydrogen-bond acceptors (Lipinski definition) is 3. The molecule has 0 aliphatic heterocycles. The lowest BCUT2D eigenvalue weighted by Gasteiger charge is -2.17. The summed E-state index contributed by atoms with van der Waals surface area (Å²) in [6.07, 6.45) is 3.15. The Labute approximate surface area is 105 Å². The van der Waals surface area contributed by atoms with E-state index in [0.717, 1.165) is 36.5 Å². The van der Waals surface area contributed by atoms with Crippen LogP contribution in [-0.4, -0.2) is 15.8 Å². The van der Waals surface area contributed by atoms with Crippen molar-refractivity contribution >= 4 is 11.5 Å². The Hall–Kier alpha value is -1.19. The van der Waals surface area contributed by atoms with E-state index >= 15 is 0 Å². The van der Waals surface area contributed by atoms with Gasteiger partial charge in [0, 0.05) is 13.1 Å². The molecule has 1 rings (SSSR count). The maximum absolute atomic E-state index is 6.12. The summed E-state index contributed by atoms with van der Waals surface area (Å²) in [6.45, 7) is 8.79. The molecule has 0 saturated heterocycles. The van der Waals surface area contributed by atoms with E-state index in [2.05, 4.69) is 38.1 Å². The lowest BCUT2D eigenvalue weighted by atomic mass is 10.1. The summed E-state index contributed by atoms with van der Waals surface area (Å²) in [5.74, 6) is 1.64. The van der Waals surface area contributed by atoms with E-state index in [4.69, 9.17) is 5.73 Å². The number of anilines is 2. The number of hydrogen-bond donors (Lipinski definition) is 2. The molecule has 4 heteroatoms. The lowest BCUT2D eigenvalue weighted by Crippen LogP contribution is -2.20. The van der Waals surface area contributed by atoms with Crippen LogP contribution in [0.3, 0.4) is 0 Å². The fourth-order valence-electron chi connectivity index (χ4n) is 2.19. The number of rotatable bonds is 6. The van der Waals surface area contributed by atoms with Gasteiger partial charge in [0.15, 0.2) is 0 Å². The van der Waals surface area contributed by atoms with E-state index in [-0.39, 0.29) is 0 Å². The van der Waals surface area contributed by atoms with Crippen LogP contribution in [0.4, 0.5) is 11.5 Å². The number of nitrogens with two attached hydrogens (primary N) is 1. The molecule has 3 N–H and O–H groups in total. The highest BCUT2D eigenvalue weighted by Gasteiger charge is 2.14. The smallest absolute Gasteiger partial charge is 0.147 e. The summed E-state index contributed by atoms with van der Waals surface area (Å²) in [5.41, 5.74) is 7.94. The van der Waals surface area contributed by atoms with Crippen LogP contribution in [0.2, 0.25) is 0 Å². The Morgan fingerprint density at radius 1 is 1.35 bits per heavy atom. The number of nitrogens with zero attached hydrogens (tertiary/aromatic N) is 2. The van der Waals surface area contributed by atoms with Crippen LogP contribution in [0.5, 0.6) is 0 Å². The minimum Gasteiger partial charge on any atom is -0.394 e. The molecule has 0 aromatic carbocycles. The summed E-state index contributed by atoms with van der Waals surface area (Å²) in [4.78, 5) is 0. The number of aromatic nitrogens is 2. The summed E-state index contributed by atoms with van der Waals surface area (Å²) < 4.78 is 1.86. The molecule has 1 aromatic rings. The number of aryl methyl sites for hydroxylation is 2. The first-order valence-corrected chi connectivity index (χ1v) is 6.53. The van der Waals surface area contributed by atoms with Gasteiger partial charge in [-0.3, -0.25) is 4.68 Å². The predicted molar refractivity (Wildman–Crippen MR) is 74.2 cm³/mol. The molecule has 0 spiro atoms. The molecule has 1 unspecified atom stereocenters. The van der Waals surface area contributed by atoms with Crippen molar-refractivity contribution in [1.29, 1.82) is 0 Å². The summed E-state index contributed by atoms with van der Waals surface area (Å²) >= 11 is 0. The molecular formula is C13H26N4. The highest BCUT2D eigenvalue weighted by Crippen LogP contribution is 2.24. The van der Waals surface area contributed by atoms with Gasteiger partial charge < -0.3 is 11.1 Å². The zero-order chi connectivity index (χ0) is 13.0. The molecule has 0 amide bonds. The first-order valence-electron chi connectivity index (χ1n) is 6.53. The third kappa shape index (κ3) is 3.65. The van der Waals surface area contributed by atoms with Crippen molar-refractivity contribution in [2.24, 2.45) is 13.0 Å². The van der Waals surface area contributed by atoms with Gasteiger partial charge in [-0.2, -0.15) is 5.10 Å². The van der Waals surface area contributed by atoms with Gasteiger partial charge in [0.1, 0.15) is 5.82 Å². The van der Waals surface area contributed by atoms with Crippen molar-refractivity contribution in [3.63, 3.8) is 0 Å². The standard InChI is InChI=1S/C13H26N4/c1-6-7-11-12(14)13(17(5)16-11)15-10(4)8-9(2)3/h9-10,15H,6-8,14H2,1-5H3. The van der Waals surface area contributed by atoms with E-state index in [1.54, 1.807) is 0 Å². The quantitative estimate of drug-likeness (QED) is 0.801. The summed E-state index contributed by atoms with van der Waals surface area (Å²) in [6, 6.07) is 0.419. The normalized spacial score (nSPS) is 13.1. The van der Waals surface area contributed by atoms with Gasteiger partial charge in [0.25, 0.3) is 0 Å². The van der Waals surface area contributed by atoms with Crippen LogP contribution in [0.15, 0.2) is 0 Å². The average Bonchev–Trinajstić information content (AvgIpc) is 2.45. The van der Waals surface area contributed by atoms with E-state index in [9.17, 15) is 0 Å². The van der Waals surface area contributed by atoms with E-state index < -0.39 is 0 Å². The van der Waals surface area contributed by atoms with Crippen LogP contribution >= 0.6 is 0 Å². The zero-order valence-electron chi connectivity index (χ0n) is 11.7. The zero-order valence-corrected chi connectivity index (χ0v) is 11.7. The fraction of sp³-hybridized carbons (Fsp3) is 0.769. The molecule has 0 aliphatic rings. The van der Waals surface area contributed by atoms with E-state index in [1.165, 1.54) is 0 Å². The van der Waals surface area contributed by atoms with Crippen molar-refractivity contribution in [3.05, 3.63) is 5.69 Å². The SMILES string of the molecule is CCCc1nn(C)c(NC(C)CC(C)C)c1N. The topological polar surface area (TPSA) is 55.9 Å². The molecule has 98 valence electrons. The molecule has 1 atom stereocenters. The Morgan fingerprint density at radius 3 is 2.53 bits per heavy atom. The number of nitrogens with one attached hydrogen (secondary N) is 1. The molecule has 0 radical (unpaired) electrons. The van der Waals surface area contributed by atoms with E-state index in [1.807, 2.05) is 11.7 Å². The minimum atomic E-state index is 0.419. The largest absolute Gasteiger partial charge is 0.394 e. The molecule has 0 fully saturated rings. The minimum absolute atomic E-state index is 0.419. The van der Waals surface area contributed by atoms with Gasteiger partial charge in [-0.1, -0.05) is 27.2 Å². The second-order valence-electron chi connectivity index (χ2n) is 5.26. The monoisotopic (exact) mass is 238 g/mol. The molecule has 4 nitrogen and oxygen atoms in total. The lowest BCUT2D eigenvalue weighted by molar-refractivity contribution is 0.536. The molecule has 1 aromatic heterocycles. The van der Waals surface area contributed by atoms with Gasteiger partial charge in [0.2, 0.25) is 0 Å². The molecule has 0 saturated carbocycles. The van der Waals surface area contributed by atoms with Crippen molar-refractivity contribution in [2.45, 2.75) is 53.0 Å². The first kappa shape index (κ1) is 13.9. The summed E-state index contributed by atoms with van der Waals surface area (Å²) in [5, 5.41) is 7.93. The van der Waals surface area contributed by atoms with Gasteiger partial charge in [0.05, 0.1) is 11.4 Å². The fourth-order valence-corrected chi connectivity index (χ4v) is 2.19. The summed E-state index contributed by atoms with van der Waals surface area (Å²) in [7, 11) is 1.94. The van der Waals surface area contributed by atoms with Gasteiger partial charge >= 0.3 is 0 Å². The van der Waals surface area contributed by atoms with Gasteiger partial charge in [-0.15, -0.1) is 0 Å². The maximum Gasteiger partial charge on any atom is 0.147 e. The molecule has 17 heavy (non-hydrogen) atoms. The van der Waals surface area contributed by atoms with Crippen molar-refractivity contribution in [3.8, 4) is 0 Å². The predicted octanol–water partition coefficient (Wildman–Crippen LogP) is 2.80. The Bertz CT molecular complexity index is 355. The molecular weight excluding hydrogens is 212 g/mol. The van der Waals surface area contributed by atoms with Crippen LogP contribution in [0.1, 0.15) is 46.2 Å². The van der Waals surface area contributed by atoms with Crippen molar-refractivity contribution in [1.82, 2.24) is 9.78 Å². The third-order valence-electron chi connectivity index (χ3n) is 2.86. The second kappa shape index (κ2) is 5.94. The highest BCUT2D eigenvalue weighted by molar-refractivity contribution is 5.65. The number of nitrogen functional groups attached to an aromatic ring is 1. The van der Waals surface area contributed by atoms with Crippen LogP contribution in [0, 0.1) is 5.92 Å². The average molecular weight is 238 g/mol. The molecule has 0 bridgehead atoms. The molecule has 0 aliphatic carbocycles. The second-order valence-corrected chi connectivity index (χ2v) is 5.26. The Morgan fingerprint density at radius 2 is 2.00 bits per heavy atom. The van der Waals surface area contributed by atoms with Crippen molar-refractivity contribution in [2.75, 3.05) is 11.1 Å². The van der Waals surface area contributed by atoms with E-state index in [0.29, 0.717) is 12.0 Å². The van der Waals surface area contributed by atoms with Gasteiger partial charge in [-0.25, -0.2) is 0 Å². The van der Waals surface area contributed by atoms with Gasteiger partial charge in [-0.05, 0) is 25.7 Å². The van der Waals surface area contributed by atoms with Crippen molar-refractivity contribution < 1.29 is 0 Å². The van der Waals surface area contributed by atoms with Crippen LogP contribution in [-0.2, 0) is 13.5 Å². The maximum atomic E-state index is 6.12. The highest BCUT2D eigenvalue weighted by atomic mass is 15.3. The van der Waals surface area contributed by atoms with Crippen LogP contribution < -0.4 is 11.1 Å². The Kier molecular flexibility index (Phi) is 4.85. The molecule has 1 heterocycles. The first-order chi connectivity index (χ1) is 7.95. The third-order valence-corrected chi connectivity index (χ3v) is 2.86. The Balaban J connectivity index is 2.76.